The van der Waals surface area contributed by atoms with Crippen molar-refractivity contribution in [2.45, 2.75) is 42.5 Å². The van der Waals surface area contributed by atoms with Crippen LogP contribution < -0.4 is 9.47 Å². The lowest BCUT2D eigenvalue weighted by Crippen LogP contribution is -2.32. The second kappa shape index (κ2) is 4.75. The van der Waals surface area contributed by atoms with Gasteiger partial charge in [0.15, 0.2) is 17.3 Å². The van der Waals surface area contributed by atoms with E-state index in [1.165, 1.54) is 18.2 Å². The summed E-state index contributed by atoms with van der Waals surface area (Å²) in [4.78, 5) is 12.6. The number of ether oxygens (including phenoxy) is 2. The molecule has 7 heteroatoms. The van der Waals surface area contributed by atoms with E-state index in [0.29, 0.717) is 18.4 Å². The molecule has 2 saturated heterocycles. The Morgan fingerprint density at radius 2 is 1.77 bits per heavy atom. The molecule has 118 valence electrons. The van der Waals surface area contributed by atoms with Crippen LogP contribution in [0.3, 0.4) is 0 Å². The highest BCUT2D eigenvalue weighted by molar-refractivity contribution is 7.86. The first-order chi connectivity index (χ1) is 10.4. The first-order valence-electron chi connectivity index (χ1n) is 7.26. The third-order valence-corrected chi connectivity index (χ3v) is 6.79. The highest BCUT2D eigenvalue weighted by Gasteiger charge is 2.45. The minimum atomic E-state index is -3.68. The Balaban J connectivity index is 1.56. The van der Waals surface area contributed by atoms with Crippen LogP contribution in [0.5, 0.6) is 11.5 Å². The van der Waals surface area contributed by atoms with Crippen LogP contribution in [-0.2, 0) is 10.8 Å². The molecule has 2 unspecified atom stereocenters. The van der Waals surface area contributed by atoms with Gasteiger partial charge >= 0.3 is 6.29 Å². The van der Waals surface area contributed by atoms with Crippen molar-refractivity contribution in [2.75, 3.05) is 0 Å². The Kier molecular flexibility index (Phi) is 3.04. The lowest BCUT2D eigenvalue weighted by atomic mass is 9.90. The molecular weight excluding hydrogens is 314 g/mol. The van der Waals surface area contributed by atoms with Crippen molar-refractivity contribution in [3.05, 3.63) is 23.8 Å². The van der Waals surface area contributed by atoms with Gasteiger partial charge in [0.1, 0.15) is 0 Å². The van der Waals surface area contributed by atoms with Crippen molar-refractivity contribution in [1.82, 2.24) is 0 Å². The van der Waals surface area contributed by atoms with Crippen LogP contribution in [0.1, 0.15) is 36.0 Å². The fraction of sp³-hybridized carbons (Fsp3) is 0.533. The molecule has 0 amide bonds. The Labute approximate surface area is 128 Å². The van der Waals surface area contributed by atoms with Crippen LogP contribution in [0.25, 0.3) is 0 Å². The lowest BCUT2D eigenvalue weighted by Gasteiger charge is -2.26. The van der Waals surface area contributed by atoms with Crippen LogP contribution in [0.2, 0.25) is 0 Å². The van der Waals surface area contributed by atoms with E-state index in [9.17, 15) is 17.8 Å². The molecule has 3 aliphatic rings. The highest BCUT2D eigenvalue weighted by Crippen LogP contribution is 2.43. The summed E-state index contributed by atoms with van der Waals surface area (Å²) in [6, 6.07) is 4.13. The molecule has 0 N–H and O–H groups in total. The summed E-state index contributed by atoms with van der Waals surface area (Å²) in [6.07, 6.45) is -0.618. The van der Waals surface area contributed by atoms with Gasteiger partial charge in [0.05, 0.1) is 0 Å². The topological polar surface area (TPSA) is 52.6 Å². The minimum absolute atomic E-state index is 0.0635. The maximum atomic E-state index is 13.0. The van der Waals surface area contributed by atoms with E-state index in [0.717, 1.165) is 12.8 Å². The quantitative estimate of drug-likeness (QED) is 0.784. The Morgan fingerprint density at radius 3 is 2.45 bits per heavy atom. The third-order valence-electron chi connectivity index (χ3n) is 4.62. The number of fused-ring (bicyclic) bond motifs is 3. The number of hydrogen-bond acceptors (Lipinski definition) is 4. The summed E-state index contributed by atoms with van der Waals surface area (Å²) in [7, 11) is -0.818. The number of alkyl halides is 2. The standard InChI is InChI=1S/C15H14F2O4S/c16-15(17)20-12-4-1-8(7-13(12)21-15)14(18)9-5-10-2-3-11(6-9)22(10)19/h1,4,7,9-11H,2-3,5-6H2. The van der Waals surface area contributed by atoms with Crippen LogP contribution in [0, 0.1) is 5.92 Å². The van der Waals surface area contributed by atoms with Gasteiger partial charge in [-0.2, -0.15) is 0 Å². The van der Waals surface area contributed by atoms with Gasteiger partial charge in [-0.1, -0.05) is 0 Å². The second-order valence-electron chi connectivity index (χ2n) is 6.01. The van der Waals surface area contributed by atoms with E-state index in [-0.39, 0.29) is 33.7 Å². The summed E-state index contributed by atoms with van der Waals surface area (Å²) in [5.41, 5.74) is 0.345. The molecule has 0 spiro atoms. The zero-order chi connectivity index (χ0) is 15.5. The number of ketones is 1. The van der Waals surface area contributed by atoms with Crippen molar-refractivity contribution in [1.29, 1.82) is 0 Å². The molecule has 2 fully saturated rings. The lowest BCUT2D eigenvalue weighted by molar-refractivity contribution is -0.286. The van der Waals surface area contributed by atoms with Gasteiger partial charge in [-0.05, 0) is 43.9 Å². The SMILES string of the molecule is O=C(c1ccc2c(c1)OC(F)(F)O2)C1CC2CCC(C1)S2=O. The number of rotatable bonds is 2. The number of Topliss-reactive ketones (excluding diaryl/α,β-unsaturated/α-hetero) is 1. The monoisotopic (exact) mass is 328 g/mol. The second-order valence-corrected chi connectivity index (χ2v) is 8.00. The van der Waals surface area contributed by atoms with Gasteiger partial charge in [-0.3, -0.25) is 9.00 Å². The fourth-order valence-electron chi connectivity index (χ4n) is 3.58. The van der Waals surface area contributed by atoms with Gasteiger partial charge in [0, 0.05) is 32.8 Å². The predicted octanol–water partition coefficient (Wildman–Crippen LogP) is 2.88. The van der Waals surface area contributed by atoms with Crippen molar-refractivity contribution in [3.63, 3.8) is 0 Å². The molecule has 2 atom stereocenters. The molecule has 1 aromatic carbocycles. The molecule has 3 heterocycles. The molecule has 1 aromatic rings. The zero-order valence-corrected chi connectivity index (χ0v) is 12.4. The maximum Gasteiger partial charge on any atom is 0.586 e. The smallest absolute Gasteiger partial charge is 0.395 e. The van der Waals surface area contributed by atoms with E-state index in [1.807, 2.05) is 0 Å². The predicted molar refractivity (Wildman–Crippen MR) is 74.7 cm³/mol. The molecule has 4 nitrogen and oxygen atoms in total. The molecule has 0 saturated carbocycles. The Morgan fingerprint density at radius 1 is 1.14 bits per heavy atom. The molecular formula is C15H14F2O4S. The molecule has 0 radical (unpaired) electrons. The molecule has 0 aliphatic carbocycles. The van der Waals surface area contributed by atoms with E-state index in [2.05, 4.69) is 9.47 Å². The van der Waals surface area contributed by atoms with E-state index < -0.39 is 17.1 Å². The van der Waals surface area contributed by atoms with E-state index >= 15 is 0 Å². The molecule has 22 heavy (non-hydrogen) atoms. The average Bonchev–Trinajstić information content (AvgIpc) is 2.86. The number of benzene rings is 1. The average molecular weight is 328 g/mol. The summed E-state index contributed by atoms with van der Waals surface area (Å²) in [5, 5.41) is 0.206. The summed E-state index contributed by atoms with van der Waals surface area (Å²) >= 11 is 0. The van der Waals surface area contributed by atoms with Crippen LogP contribution in [0.15, 0.2) is 18.2 Å². The van der Waals surface area contributed by atoms with E-state index in [4.69, 9.17) is 0 Å². The highest BCUT2D eigenvalue weighted by atomic mass is 32.2. The maximum absolute atomic E-state index is 13.0. The van der Waals surface area contributed by atoms with Gasteiger partial charge in [-0.25, -0.2) is 0 Å². The molecule has 2 bridgehead atoms. The summed E-state index contributed by atoms with van der Waals surface area (Å²) < 4.78 is 46.7. The molecule has 4 rings (SSSR count). The van der Waals surface area contributed by atoms with Crippen LogP contribution in [-0.4, -0.2) is 26.8 Å². The number of hydrogen-bond donors (Lipinski definition) is 0. The summed E-state index contributed by atoms with van der Waals surface area (Å²) in [6.45, 7) is 0. The first kappa shape index (κ1) is 14.1. The molecule has 0 aromatic heterocycles. The van der Waals surface area contributed by atoms with Crippen molar-refractivity contribution in [3.8, 4) is 11.5 Å². The Hall–Kier alpha value is -1.50. The minimum Gasteiger partial charge on any atom is -0.395 e. The largest absolute Gasteiger partial charge is 0.586 e. The van der Waals surface area contributed by atoms with Gasteiger partial charge in [0.25, 0.3) is 0 Å². The normalized spacial score (nSPS) is 34.6. The van der Waals surface area contributed by atoms with Crippen LogP contribution >= 0.6 is 0 Å². The van der Waals surface area contributed by atoms with Crippen molar-refractivity contribution in [2.24, 2.45) is 5.92 Å². The number of carbonyl (C=O) groups excluding carboxylic acids is 1. The Bertz CT molecular complexity index is 660. The number of carbonyl (C=O) groups is 1. The fourth-order valence-corrected chi connectivity index (χ4v) is 5.71. The van der Waals surface area contributed by atoms with Crippen molar-refractivity contribution >= 4 is 16.6 Å². The van der Waals surface area contributed by atoms with Gasteiger partial charge in [-0.15, -0.1) is 8.78 Å². The zero-order valence-electron chi connectivity index (χ0n) is 11.6. The number of halogens is 2. The third kappa shape index (κ3) is 2.22. The summed E-state index contributed by atoms with van der Waals surface area (Å²) in [5.74, 6) is -0.448. The van der Waals surface area contributed by atoms with Crippen molar-refractivity contribution < 1.29 is 27.3 Å². The molecule has 3 aliphatic heterocycles. The van der Waals surface area contributed by atoms with Crippen LogP contribution in [0.4, 0.5) is 8.78 Å². The van der Waals surface area contributed by atoms with E-state index in [1.54, 1.807) is 0 Å². The van der Waals surface area contributed by atoms with Gasteiger partial charge in [0.2, 0.25) is 0 Å². The van der Waals surface area contributed by atoms with Gasteiger partial charge < -0.3 is 9.47 Å². The first-order valence-corrected chi connectivity index (χ1v) is 8.54.